The zero-order valence-corrected chi connectivity index (χ0v) is 20.5. The van der Waals surface area contributed by atoms with Gasteiger partial charge in [-0.3, -0.25) is 0 Å². The van der Waals surface area contributed by atoms with E-state index in [9.17, 15) is 0 Å². The lowest BCUT2D eigenvalue weighted by Gasteiger charge is -2.18. The van der Waals surface area contributed by atoms with Crippen LogP contribution in [0.2, 0.25) is 10.0 Å². The van der Waals surface area contributed by atoms with Gasteiger partial charge in [0.25, 0.3) is 0 Å². The van der Waals surface area contributed by atoms with Gasteiger partial charge in [0.2, 0.25) is 0 Å². The van der Waals surface area contributed by atoms with Crippen LogP contribution in [0.25, 0.3) is 0 Å². The number of hydrogen-bond acceptors (Lipinski definition) is 4. The number of halogens is 3. The van der Waals surface area contributed by atoms with Crippen molar-refractivity contribution < 1.29 is 14.2 Å². The third-order valence-corrected chi connectivity index (χ3v) is 6.17. The Morgan fingerprint density at radius 2 is 1.68 bits per heavy atom. The number of rotatable bonds is 10. The van der Waals surface area contributed by atoms with Crippen molar-refractivity contribution in [1.82, 2.24) is 5.32 Å². The molecule has 0 fully saturated rings. The van der Waals surface area contributed by atoms with Crippen molar-refractivity contribution in [3.63, 3.8) is 0 Å². The summed E-state index contributed by atoms with van der Waals surface area (Å²) < 4.78 is 18.1. The van der Waals surface area contributed by atoms with Gasteiger partial charge in [-0.05, 0) is 48.9 Å². The number of benzene rings is 3. The van der Waals surface area contributed by atoms with Crippen LogP contribution < -0.4 is 19.5 Å². The van der Waals surface area contributed by atoms with E-state index in [1.54, 1.807) is 26.4 Å². The Balaban J connectivity index is 1.70. The van der Waals surface area contributed by atoms with E-state index < -0.39 is 0 Å². The highest BCUT2D eigenvalue weighted by Crippen LogP contribution is 2.37. The van der Waals surface area contributed by atoms with E-state index in [-0.39, 0.29) is 0 Å². The molecule has 0 saturated heterocycles. The zero-order valence-electron chi connectivity index (χ0n) is 17.4. The highest BCUT2D eigenvalue weighted by atomic mass is 79.9. The maximum atomic E-state index is 6.30. The summed E-state index contributed by atoms with van der Waals surface area (Å²) in [6, 6.07) is 17.2. The van der Waals surface area contributed by atoms with Gasteiger partial charge in [-0.25, -0.2) is 0 Å². The number of nitrogens with one attached hydrogen (secondary N) is 1. The molecule has 3 aromatic rings. The van der Waals surface area contributed by atoms with Gasteiger partial charge < -0.3 is 19.5 Å². The Kier molecular flexibility index (Phi) is 8.90. The molecule has 164 valence electrons. The average molecular weight is 525 g/mol. The van der Waals surface area contributed by atoms with Crippen molar-refractivity contribution in [2.24, 2.45) is 0 Å². The highest BCUT2D eigenvalue weighted by molar-refractivity contribution is 9.10. The first-order chi connectivity index (χ1) is 15.0. The average Bonchev–Trinajstić information content (AvgIpc) is 2.77. The molecule has 0 bridgehead atoms. The second-order valence-corrected chi connectivity index (χ2v) is 8.52. The summed E-state index contributed by atoms with van der Waals surface area (Å²) >= 11 is 15.9. The first kappa shape index (κ1) is 23.7. The smallest absolute Gasteiger partial charge is 0.167 e. The van der Waals surface area contributed by atoms with Crippen molar-refractivity contribution in [2.45, 2.75) is 19.6 Å². The molecule has 0 heterocycles. The predicted molar refractivity (Wildman–Crippen MR) is 130 cm³/mol. The lowest BCUT2D eigenvalue weighted by molar-refractivity contribution is 0.280. The summed E-state index contributed by atoms with van der Waals surface area (Å²) in [4.78, 5) is 0. The van der Waals surface area contributed by atoms with Crippen molar-refractivity contribution in [2.75, 3.05) is 20.8 Å². The van der Waals surface area contributed by atoms with Crippen LogP contribution in [0, 0.1) is 0 Å². The Hall–Kier alpha value is -1.92. The van der Waals surface area contributed by atoms with Crippen LogP contribution in [0.1, 0.15) is 16.7 Å². The van der Waals surface area contributed by atoms with E-state index in [1.165, 1.54) is 0 Å². The minimum atomic E-state index is 0.303. The maximum Gasteiger partial charge on any atom is 0.167 e. The van der Waals surface area contributed by atoms with E-state index in [4.69, 9.17) is 37.4 Å². The van der Waals surface area contributed by atoms with E-state index in [2.05, 4.69) is 27.3 Å². The third kappa shape index (κ3) is 6.30. The van der Waals surface area contributed by atoms with Gasteiger partial charge in [0, 0.05) is 32.2 Å². The Morgan fingerprint density at radius 3 is 2.42 bits per heavy atom. The standard InChI is InChI=1S/C24H24BrCl2NO3/c1-29-22-6-4-3-5-16(22)11-12-28-14-19-20(25)9-10-23(30-2)24(19)31-15-17-7-8-18(26)13-21(17)27/h3-10,13,28H,11-12,14-15H2,1-2H3. The van der Waals surface area contributed by atoms with E-state index in [0.29, 0.717) is 34.7 Å². The molecule has 0 radical (unpaired) electrons. The fourth-order valence-corrected chi connectivity index (χ4v) is 4.12. The molecule has 31 heavy (non-hydrogen) atoms. The molecule has 3 rings (SSSR count). The van der Waals surface area contributed by atoms with E-state index in [0.717, 1.165) is 39.9 Å². The molecule has 0 aromatic heterocycles. The zero-order chi connectivity index (χ0) is 22.2. The molecule has 7 heteroatoms. The molecule has 0 amide bonds. The van der Waals surface area contributed by atoms with Gasteiger partial charge in [-0.15, -0.1) is 0 Å². The van der Waals surface area contributed by atoms with Crippen molar-refractivity contribution in [1.29, 1.82) is 0 Å². The number of hydrogen-bond donors (Lipinski definition) is 1. The summed E-state index contributed by atoms with van der Waals surface area (Å²) in [5.74, 6) is 2.23. The second-order valence-electron chi connectivity index (χ2n) is 6.82. The molecule has 0 unspecified atom stereocenters. The third-order valence-electron chi connectivity index (χ3n) is 4.84. The van der Waals surface area contributed by atoms with Crippen LogP contribution in [-0.2, 0) is 19.6 Å². The maximum absolute atomic E-state index is 6.30. The second kappa shape index (κ2) is 11.6. The number of ether oxygens (including phenoxy) is 3. The molecular formula is C24H24BrCl2NO3. The molecule has 3 aromatic carbocycles. The fraction of sp³-hybridized carbons (Fsp3) is 0.250. The minimum absolute atomic E-state index is 0.303. The summed E-state index contributed by atoms with van der Waals surface area (Å²) in [6.07, 6.45) is 0.849. The van der Waals surface area contributed by atoms with Crippen LogP contribution in [0.5, 0.6) is 17.2 Å². The first-order valence-corrected chi connectivity index (χ1v) is 11.3. The van der Waals surface area contributed by atoms with Crippen LogP contribution in [0.3, 0.4) is 0 Å². The number of methoxy groups -OCH3 is 2. The van der Waals surface area contributed by atoms with E-state index >= 15 is 0 Å². The Morgan fingerprint density at radius 1 is 0.903 bits per heavy atom. The quantitative estimate of drug-likeness (QED) is 0.300. The highest BCUT2D eigenvalue weighted by Gasteiger charge is 2.15. The monoisotopic (exact) mass is 523 g/mol. The number of para-hydroxylation sites is 1. The molecular weight excluding hydrogens is 501 g/mol. The molecule has 1 N–H and O–H groups in total. The fourth-order valence-electron chi connectivity index (χ4n) is 3.20. The molecule has 0 spiro atoms. The van der Waals surface area contributed by atoms with Crippen LogP contribution in [0.15, 0.2) is 59.1 Å². The van der Waals surface area contributed by atoms with Crippen molar-refractivity contribution in [3.8, 4) is 17.2 Å². The van der Waals surface area contributed by atoms with Gasteiger partial charge in [-0.1, -0.05) is 63.4 Å². The summed E-state index contributed by atoms with van der Waals surface area (Å²) in [5.41, 5.74) is 2.99. The van der Waals surface area contributed by atoms with Gasteiger partial charge in [0.1, 0.15) is 12.4 Å². The largest absolute Gasteiger partial charge is 0.496 e. The topological polar surface area (TPSA) is 39.7 Å². The molecule has 4 nitrogen and oxygen atoms in total. The Bertz CT molecular complexity index is 1030. The lowest BCUT2D eigenvalue weighted by atomic mass is 10.1. The van der Waals surface area contributed by atoms with Crippen molar-refractivity contribution >= 4 is 39.1 Å². The lowest BCUT2D eigenvalue weighted by Crippen LogP contribution is -2.18. The van der Waals surface area contributed by atoms with Crippen LogP contribution in [-0.4, -0.2) is 20.8 Å². The normalized spacial score (nSPS) is 10.7. The molecule has 0 atom stereocenters. The molecule has 0 aliphatic carbocycles. The molecule has 0 aliphatic rings. The first-order valence-electron chi connectivity index (χ1n) is 9.78. The minimum Gasteiger partial charge on any atom is -0.496 e. The van der Waals surface area contributed by atoms with Gasteiger partial charge >= 0.3 is 0 Å². The Labute approximate surface area is 201 Å². The van der Waals surface area contributed by atoms with Gasteiger partial charge in [0.15, 0.2) is 11.5 Å². The van der Waals surface area contributed by atoms with Gasteiger partial charge in [-0.2, -0.15) is 0 Å². The summed E-state index contributed by atoms with van der Waals surface area (Å²) in [6.45, 7) is 1.69. The van der Waals surface area contributed by atoms with Crippen LogP contribution >= 0.6 is 39.1 Å². The SMILES string of the molecule is COc1ccccc1CCNCc1c(Br)ccc(OC)c1OCc1ccc(Cl)cc1Cl. The molecule has 0 aliphatic heterocycles. The van der Waals surface area contributed by atoms with Gasteiger partial charge in [0.05, 0.1) is 14.2 Å². The molecule has 0 saturated carbocycles. The van der Waals surface area contributed by atoms with Crippen LogP contribution in [0.4, 0.5) is 0 Å². The summed E-state index contributed by atoms with van der Waals surface area (Å²) in [5, 5.41) is 4.65. The van der Waals surface area contributed by atoms with E-state index in [1.807, 2.05) is 36.4 Å². The van der Waals surface area contributed by atoms with Crippen molar-refractivity contribution in [3.05, 3.63) is 85.8 Å². The summed E-state index contributed by atoms with van der Waals surface area (Å²) in [7, 11) is 3.32. The predicted octanol–water partition coefficient (Wildman–Crippen LogP) is 6.68.